The topological polar surface area (TPSA) is 35.5 Å². The van der Waals surface area contributed by atoms with Crippen LogP contribution in [0.25, 0.3) is 0 Å². The van der Waals surface area contributed by atoms with E-state index in [0.29, 0.717) is 6.54 Å². The van der Waals surface area contributed by atoms with Crippen LogP contribution in [0.1, 0.15) is 37.7 Å². The van der Waals surface area contributed by atoms with Gasteiger partial charge in [0.1, 0.15) is 5.82 Å². The van der Waals surface area contributed by atoms with E-state index in [1.165, 1.54) is 12.5 Å². The zero-order valence-corrected chi connectivity index (χ0v) is 12.7. The largest absolute Gasteiger partial charge is 0.389 e. The van der Waals surface area contributed by atoms with Crippen molar-refractivity contribution in [2.24, 2.45) is 5.92 Å². The molecule has 0 radical (unpaired) electrons. The molecule has 1 aliphatic carbocycles. The Morgan fingerprint density at radius 3 is 3.05 bits per heavy atom. The molecule has 1 saturated carbocycles. The van der Waals surface area contributed by atoms with E-state index in [0.717, 1.165) is 50.0 Å². The van der Waals surface area contributed by atoms with E-state index in [1.54, 1.807) is 6.07 Å². The van der Waals surface area contributed by atoms with Crippen molar-refractivity contribution in [2.75, 3.05) is 25.0 Å². The van der Waals surface area contributed by atoms with Crippen LogP contribution < -0.4 is 10.2 Å². The molecule has 1 saturated heterocycles. The van der Waals surface area contributed by atoms with Crippen LogP contribution in [0, 0.1) is 11.7 Å². The number of nitrogens with zero attached hydrogens (tertiary/aromatic N) is 1. The van der Waals surface area contributed by atoms with Crippen LogP contribution in [-0.2, 0) is 6.54 Å². The van der Waals surface area contributed by atoms with Crippen molar-refractivity contribution in [3.8, 4) is 0 Å². The average molecular weight is 292 g/mol. The fraction of sp³-hybridized carbons (Fsp3) is 0.647. The van der Waals surface area contributed by atoms with Gasteiger partial charge in [-0.3, -0.25) is 0 Å². The number of fused-ring (bicyclic) bond motifs is 1. The van der Waals surface area contributed by atoms with Crippen molar-refractivity contribution in [3.63, 3.8) is 0 Å². The molecule has 1 heterocycles. The minimum atomic E-state index is -0.511. The quantitative estimate of drug-likeness (QED) is 0.899. The first-order valence-corrected chi connectivity index (χ1v) is 8.03. The summed E-state index contributed by atoms with van der Waals surface area (Å²) >= 11 is 0. The second-order valence-electron chi connectivity index (χ2n) is 6.52. The van der Waals surface area contributed by atoms with E-state index >= 15 is 0 Å². The SMILES string of the molecule is CNCc1cccc(F)c1N1CCC2(O)CCCCC2C1. The van der Waals surface area contributed by atoms with Crippen molar-refractivity contribution >= 4 is 5.69 Å². The highest BCUT2D eigenvalue weighted by molar-refractivity contribution is 5.55. The first kappa shape index (κ1) is 14.8. The van der Waals surface area contributed by atoms with Crippen molar-refractivity contribution in [3.05, 3.63) is 29.6 Å². The Balaban J connectivity index is 1.85. The molecule has 2 fully saturated rings. The maximum atomic E-state index is 14.3. The lowest BCUT2D eigenvalue weighted by molar-refractivity contribution is -0.0613. The Morgan fingerprint density at radius 2 is 2.24 bits per heavy atom. The summed E-state index contributed by atoms with van der Waals surface area (Å²) in [5, 5.41) is 13.9. The molecule has 3 nitrogen and oxygen atoms in total. The van der Waals surface area contributed by atoms with E-state index < -0.39 is 5.60 Å². The van der Waals surface area contributed by atoms with Gasteiger partial charge in [0.05, 0.1) is 11.3 Å². The van der Waals surface area contributed by atoms with Gasteiger partial charge >= 0.3 is 0 Å². The van der Waals surface area contributed by atoms with E-state index in [9.17, 15) is 9.50 Å². The highest BCUT2D eigenvalue weighted by Crippen LogP contribution is 2.41. The van der Waals surface area contributed by atoms with E-state index in [2.05, 4.69) is 10.2 Å². The molecule has 21 heavy (non-hydrogen) atoms. The Morgan fingerprint density at radius 1 is 1.38 bits per heavy atom. The molecular weight excluding hydrogens is 267 g/mol. The lowest BCUT2D eigenvalue weighted by Gasteiger charge is -2.48. The maximum absolute atomic E-state index is 14.3. The summed E-state index contributed by atoms with van der Waals surface area (Å²) in [5.74, 6) is 0.131. The van der Waals surface area contributed by atoms with Gasteiger partial charge in [0.2, 0.25) is 0 Å². The van der Waals surface area contributed by atoms with Gasteiger partial charge in [-0.25, -0.2) is 4.39 Å². The Labute approximate surface area is 126 Å². The third kappa shape index (κ3) is 2.79. The van der Waals surface area contributed by atoms with Gasteiger partial charge in [0, 0.05) is 25.6 Å². The monoisotopic (exact) mass is 292 g/mol. The normalized spacial score (nSPS) is 29.3. The summed E-state index contributed by atoms with van der Waals surface area (Å²) in [7, 11) is 1.88. The zero-order valence-electron chi connectivity index (χ0n) is 12.7. The fourth-order valence-corrected chi connectivity index (χ4v) is 4.02. The molecule has 1 aromatic rings. The number of halogens is 1. The minimum absolute atomic E-state index is 0.149. The third-order valence-electron chi connectivity index (χ3n) is 5.18. The second kappa shape index (κ2) is 5.93. The first-order chi connectivity index (χ1) is 10.1. The van der Waals surface area contributed by atoms with Gasteiger partial charge in [-0.2, -0.15) is 0 Å². The van der Waals surface area contributed by atoms with Gasteiger partial charge in [-0.05, 0) is 37.9 Å². The van der Waals surface area contributed by atoms with E-state index in [1.807, 2.05) is 13.1 Å². The smallest absolute Gasteiger partial charge is 0.146 e. The molecule has 2 aliphatic rings. The van der Waals surface area contributed by atoms with Gasteiger partial charge in [-0.15, -0.1) is 0 Å². The predicted octanol–water partition coefficient (Wildman–Crippen LogP) is 2.68. The Bertz CT molecular complexity index is 508. The molecule has 1 aromatic carbocycles. The third-order valence-corrected chi connectivity index (χ3v) is 5.18. The molecule has 3 rings (SSSR count). The number of aliphatic hydroxyl groups is 1. The van der Waals surface area contributed by atoms with Crippen molar-refractivity contribution in [2.45, 2.75) is 44.2 Å². The lowest BCUT2D eigenvalue weighted by Crippen LogP contribution is -2.53. The van der Waals surface area contributed by atoms with Crippen LogP contribution in [0.4, 0.5) is 10.1 Å². The molecule has 2 atom stereocenters. The minimum Gasteiger partial charge on any atom is -0.389 e. The molecule has 2 unspecified atom stereocenters. The molecule has 0 amide bonds. The van der Waals surface area contributed by atoms with Gasteiger partial charge in [0.25, 0.3) is 0 Å². The van der Waals surface area contributed by atoms with Gasteiger partial charge in [-0.1, -0.05) is 25.0 Å². The fourth-order valence-electron chi connectivity index (χ4n) is 4.02. The average Bonchev–Trinajstić information content (AvgIpc) is 2.47. The van der Waals surface area contributed by atoms with Crippen molar-refractivity contribution in [1.82, 2.24) is 5.32 Å². The highest BCUT2D eigenvalue weighted by atomic mass is 19.1. The van der Waals surface area contributed by atoms with Gasteiger partial charge < -0.3 is 15.3 Å². The summed E-state index contributed by atoms with van der Waals surface area (Å²) in [6.45, 7) is 2.18. The van der Waals surface area contributed by atoms with Crippen LogP contribution in [0.5, 0.6) is 0 Å². The van der Waals surface area contributed by atoms with E-state index in [-0.39, 0.29) is 11.7 Å². The Kier molecular flexibility index (Phi) is 4.18. The number of nitrogens with one attached hydrogen (secondary N) is 1. The molecule has 116 valence electrons. The standard InChI is InChI=1S/C17H25FN2O/c1-19-11-13-5-4-7-15(18)16(13)20-10-9-17(21)8-3-2-6-14(17)12-20/h4-5,7,14,19,21H,2-3,6,8-12H2,1H3. The molecular formula is C17H25FN2O. The summed E-state index contributed by atoms with van der Waals surface area (Å²) in [5.41, 5.74) is 1.21. The summed E-state index contributed by atoms with van der Waals surface area (Å²) in [6, 6.07) is 5.29. The first-order valence-electron chi connectivity index (χ1n) is 8.03. The molecule has 0 bridgehead atoms. The van der Waals surface area contributed by atoms with Crippen LogP contribution in [0.15, 0.2) is 18.2 Å². The summed E-state index contributed by atoms with van der Waals surface area (Å²) < 4.78 is 14.3. The number of hydrogen-bond donors (Lipinski definition) is 2. The summed E-state index contributed by atoms with van der Waals surface area (Å²) in [4.78, 5) is 2.15. The van der Waals surface area contributed by atoms with E-state index in [4.69, 9.17) is 0 Å². The molecule has 0 aromatic heterocycles. The number of rotatable bonds is 3. The summed E-state index contributed by atoms with van der Waals surface area (Å²) in [6.07, 6.45) is 5.03. The molecule has 1 aliphatic heterocycles. The van der Waals surface area contributed by atoms with Crippen LogP contribution in [-0.4, -0.2) is 30.8 Å². The van der Waals surface area contributed by atoms with Crippen LogP contribution in [0.2, 0.25) is 0 Å². The number of hydrogen-bond acceptors (Lipinski definition) is 3. The molecule has 4 heteroatoms. The number of benzene rings is 1. The zero-order chi connectivity index (χ0) is 14.9. The van der Waals surface area contributed by atoms with Crippen molar-refractivity contribution in [1.29, 1.82) is 0 Å². The lowest BCUT2D eigenvalue weighted by atomic mass is 9.71. The van der Waals surface area contributed by atoms with Crippen LogP contribution in [0.3, 0.4) is 0 Å². The number of piperidine rings is 1. The van der Waals surface area contributed by atoms with Crippen LogP contribution >= 0.6 is 0 Å². The highest BCUT2D eigenvalue weighted by Gasteiger charge is 2.43. The number of para-hydroxylation sites is 1. The Hall–Kier alpha value is -1.13. The molecule has 0 spiro atoms. The number of anilines is 1. The second-order valence-corrected chi connectivity index (χ2v) is 6.52. The van der Waals surface area contributed by atoms with Gasteiger partial charge in [0.15, 0.2) is 0 Å². The van der Waals surface area contributed by atoms with Crippen molar-refractivity contribution < 1.29 is 9.50 Å². The molecule has 2 N–H and O–H groups in total. The maximum Gasteiger partial charge on any atom is 0.146 e. The predicted molar refractivity (Wildman–Crippen MR) is 82.9 cm³/mol.